The third kappa shape index (κ3) is 20.5. The van der Waals surface area contributed by atoms with Crippen molar-refractivity contribution < 1.29 is 129 Å². The molecule has 0 radical (unpaired) electrons. The summed E-state index contributed by atoms with van der Waals surface area (Å²) in [7, 11) is 0. The maximum atomic E-state index is 9.04. The van der Waals surface area contributed by atoms with Crippen LogP contribution in [0.25, 0.3) is 0 Å². The molecule has 1 aliphatic carbocycles. The number of nitrogens with zero attached hydrogens (tertiary/aromatic N) is 3. The third-order valence-electron chi connectivity index (χ3n) is 5.62. The number of carbonyl (C=O) groups is 1. The van der Waals surface area contributed by atoms with Gasteiger partial charge in [0.2, 0.25) is 0 Å². The van der Waals surface area contributed by atoms with Gasteiger partial charge in [-0.05, 0) is 93.6 Å². The van der Waals surface area contributed by atoms with E-state index < -0.39 is 0 Å². The molecule has 8 nitrogen and oxygen atoms in total. The number of anilines is 1. The molecule has 0 bridgehead atoms. The fourth-order valence-corrected chi connectivity index (χ4v) is 4.21. The van der Waals surface area contributed by atoms with E-state index in [9.17, 15) is 0 Å². The van der Waals surface area contributed by atoms with Crippen molar-refractivity contribution in [3.63, 3.8) is 0 Å². The van der Waals surface area contributed by atoms with Crippen molar-refractivity contribution in [2.24, 2.45) is 11.8 Å². The summed E-state index contributed by atoms with van der Waals surface area (Å²) in [5, 5.41) is 26.7. The van der Waals surface area contributed by atoms with E-state index in [0.29, 0.717) is 30.2 Å². The van der Waals surface area contributed by atoms with Crippen LogP contribution in [0.2, 0.25) is 5.15 Å². The molecule has 198 valence electrons. The zero-order valence-corrected chi connectivity index (χ0v) is 31.7. The van der Waals surface area contributed by atoms with Crippen molar-refractivity contribution >= 4 is 55.8 Å². The van der Waals surface area contributed by atoms with Crippen molar-refractivity contribution in [2.75, 3.05) is 31.2 Å². The van der Waals surface area contributed by atoms with Crippen LogP contribution in [0.15, 0.2) is 45.6 Å². The maximum Gasteiger partial charge on any atom is 1.00 e. The Morgan fingerprint density at radius 3 is 1.78 bits per heavy atom. The molecule has 2 aromatic rings. The summed E-state index contributed by atoms with van der Waals surface area (Å²) in [5.41, 5.74) is 0. The number of aliphatic hydroxyl groups excluding tert-OH is 2. The summed E-state index contributed by atoms with van der Waals surface area (Å²) in [4.78, 5) is 21.7. The molecule has 2 N–H and O–H groups in total. The second-order valence-electron chi connectivity index (χ2n) is 8.13. The minimum Gasteiger partial charge on any atom is -1.00 e. The van der Waals surface area contributed by atoms with Gasteiger partial charge in [-0.15, -0.1) is 0 Å². The van der Waals surface area contributed by atoms with Gasteiger partial charge < -0.3 is 26.7 Å². The number of pyridine rings is 2. The average Bonchev–Trinajstić information content (AvgIpc) is 2.92. The Bertz CT molecular complexity index is 786. The van der Waals surface area contributed by atoms with Crippen molar-refractivity contribution in [1.29, 1.82) is 0 Å². The second kappa shape index (κ2) is 26.8. The van der Waals surface area contributed by atoms with Crippen molar-refractivity contribution in [3.8, 4) is 0 Å². The van der Waals surface area contributed by atoms with Crippen LogP contribution in [-0.4, -0.2) is 53.0 Å². The summed E-state index contributed by atoms with van der Waals surface area (Å²) in [5.74, 6) is 2.16. The Morgan fingerprint density at radius 1 is 0.946 bits per heavy atom. The molecule has 13 heteroatoms. The monoisotopic (exact) mass is 715 g/mol. The fraction of sp³-hybridized carbons (Fsp3) is 0.542. The Morgan fingerprint density at radius 2 is 1.43 bits per heavy atom. The van der Waals surface area contributed by atoms with E-state index in [1.54, 1.807) is 12.3 Å². The van der Waals surface area contributed by atoms with Crippen LogP contribution in [0, 0.1) is 11.8 Å². The molecule has 37 heavy (non-hydrogen) atoms. The number of rotatable bonds is 4. The van der Waals surface area contributed by atoms with Crippen molar-refractivity contribution in [2.45, 2.75) is 44.9 Å². The Hall–Kier alpha value is 1.97. The molecule has 0 amide bonds. The zero-order chi connectivity index (χ0) is 25.9. The van der Waals surface area contributed by atoms with E-state index in [1.807, 2.05) is 24.4 Å². The Balaban J connectivity index is -0.000000461. The van der Waals surface area contributed by atoms with Gasteiger partial charge in [0.1, 0.15) is 11.0 Å². The van der Waals surface area contributed by atoms with Gasteiger partial charge in [-0.1, -0.05) is 30.9 Å². The fourth-order valence-electron chi connectivity index (χ4n) is 3.63. The second-order valence-corrected chi connectivity index (χ2v) is 10.3. The molecule has 1 saturated carbocycles. The summed E-state index contributed by atoms with van der Waals surface area (Å²) >= 11 is 12.1. The molecule has 0 unspecified atom stereocenters. The summed E-state index contributed by atoms with van der Waals surface area (Å²) in [6.45, 7) is 2.56. The normalized spacial score (nSPS) is 15.0. The number of halogens is 3. The van der Waals surface area contributed by atoms with Gasteiger partial charge >= 0.3 is 103 Å². The van der Waals surface area contributed by atoms with Gasteiger partial charge in [-0.2, -0.15) is 0 Å². The predicted octanol–water partition coefficient (Wildman–Crippen LogP) is -1.34. The van der Waals surface area contributed by atoms with E-state index in [4.69, 9.17) is 31.9 Å². The van der Waals surface area contributed by atoms with E-state index in [1.165, 1.54) is 32.1 Å². The number of aromatic nitrogens is 2. The van der Waals surface area contributed by atoms with Crippen LogP contribution in [0.5, 0.6) is 0 Å². The summed E-state index contributed by atoms with van der Waals surface area (Å²) in [6, 6.07) is 7.62. The van der Waals surface area contributed by atoms with Crippen molar-refractivity contribution in [3.05, 3.63) is 50.8 Å². The molecular formula is C24H34Br2ClK2N3O5. The predicted molar refractivity (Wildman–Crippen MR) is 143 cm³/mol. The number of hydrogen-bond donors (Lipinski definition) is 2. The van der Waals surface area contributed by atoms with Crippen LogP contribution in [0.4, 0.5) is 5.82 Å². The van der Waals surface area contributed by atoms with Gasteiger partial charge in [0.15, 0.2) is 0 Å². The minimum atomic E-state index is -0.181. The van der Waals surface area contributed by atoms with Crippen molar-refractivity contribution in [1.82, 2.24) is 9.97 Å². The number of aliphatic hydroxyl groups is 2. The molecule has 4 rings (SSSR count). The molecule has 2 aliphatic rings. The van der Waals surface area contributed by atoms with E-state index >= 15 is 0 Å². The average molecular weight is 718 g/mol. The molecule has 2 fully saturated rings. The molecule has 1 aliphatic heterocycles. The third-order valence-corrected chi connectivity index (χ3v) is 6.78. The largest absolute Gasteiger partial charge is 1.00 e. The summed E-state index contributed by atoms with van der Waals surface area (Å²) < 4.78 is 1.96. The number of carbonyl (C=O) groups excluding carboxylic acids is 1. The summed E-state index contributed by atoms with van der Waals surface area (Å²) in [6.07, 6.45) is 12.2. The van der Waals surface area contributed by atoms with E-state index in [2.05, 4.69) is 51.6 Å². The zero-order valence-electron chi connectivity index (χ0n) is 22.6. The van der Waals surface area contributed by atoms with Crippen LogP contribution in [-0.2, 0) is 9.68 Å². The van der Waals surface area contributed by atoms with Gasteiger partial charge in [-0.3, -0.25) is 4.79 Å². The SMILES string of the molecule is Clc1ccc(Br)cn1.O=CO[O-].OCC1CCCCC1.OCC1CCN(c2ccc(Br)cn2)CC1.[H-].[K+].[K+]. The molecule has 0 spiro atoms. The van der Waals surface area contributed by atoms with Gasteiger partial charge in [0.25, 0.3) is 6.47 Å². The Labute approximate surface area is 328 Å². The molecule has 2 aromatic heterocycles. The first-order valence-corrected chi connectivity index (χ1v) is 13.5. The standard InChI is InChI=1S/C11H15BrN2O.C7H14O.C5H3BrClN.CH2O3.2K.H/c12-10-1-2-11(13-7-10)14-5-3-9(8-15)4-6-14;8-6-7-4-2-1-3-5-7;6-4-1-2-5(7)8-3-4;2-1-4-3;;;/h1-2,7,9,15H,3-6,8H2;7-8H,1-6H2;1-3H;1,3H;;;/q;;;;2*+1;-1/p-1. The molecule has 3 heterocycles. The van der Waals surface area contributed by atoms with Crippen LogP contribution >= 0.6 is 43.5 Å². The van der Waals surface area contributed by atoms with E-state index in [0.717, 1.165) is 40.7 Å². The first-order chi connectivity index (χ1) is 16.9. The van der Waals surface area contributed by atoms with Crippen LogP contribution < -0.4 is 113 Å². The first kappa shape index (κ1) is 41.1. The number of piperidine rings is 1. The molecule has 1 saturated heterocycles. The van der Waals surface area contributed by atoms with Gasteiger partial charge in [0.05, 0.1) is 0 Å². The van der Waals surface area contributed by atoms with Gasteiger partial charge in [-0.25, -0.2) is 9.97 Å². The minimum absolute atomic E-state index is 0. The first-order valence-electron chi connectivity index (χ1n) is 11.5. The molecular weight excluding hydrogens is 684 g/mol. The topological polar surface area (TPSA) is 119 Å². The molecule has 0 atom stereocenters. The quantitative estimate of drug-likeness (QED) is 0.131. The molecule has 0 aromatic carbocycles. The maximum absolute atomic E-state index is 9.04. The van der Waals surface area contributed by atoms with Gasteiger partial charge in [0, 0.05) is 47.6 Å². The Kier molecular flexibility index (Phi) is 29.8. The van der Waals surface area contributed by atoms with Crippen LogP contribution in [0.3, 0.4) is 0 Å². The van der Waals surface area contributed by atoms with E-state index in [-0.39, 0.29) is 111 Å². The number of hydrogen-bond acceptors (Lipinski definition) is 8. The van der Waals surface area contributed by atoms with Crippen LogP contribution in [0.1, 0.15) is 46.4 Å². The smallest absolute Gasteiger partial charge is 1.00 e.